The molecule has 0 fully saturated rings. The maximum absolute atomic E-state index is 10.2. The molecule has 0 spiro atoms. The lowest BCUT2D eigenvalue weighted by atomic mass is 10.4. The molecule has 0 aliphatic rings. The Bertz CT molecular complexity index is 487. The fourth-order valence-corrected chi connectivity index (χ4v) is 0.526. The number of carboxylic acids is 1. The normalized spacial score (nSPS) is 7.59. The number of hydrogen-bond donors (Lipinski definition) is 3. The van der Waals surface area contributed by atoms with Crippen LogP contribution in [-0.4, -0.2) is 54.5 Å². The molecule has 0 aromatic heterocycles. The second-order valence-electron chi connectivity index (χ2n) is 4.22. The van der Waals surface area contributed by atoms with Crippen LogP contribution in [0.25, 0.3) is 0 Å². The monoisotopic (exact) mass is 387 g/mol. The van der Waals surface area contributed by atoms with Crippen molar-refractivity contribution in [2.45, 2.75) is 20.8 Å². The molecular weight excluding hydrogens is 358 g/mol. The van der Waals surface area contributed by atoms with Gasteiger partial charge in [-0.2, -0.15) is 0 Å². The Morgan fingerprint density at radius 2 is 1.48 bits per heavy atom. The first-order chi connectivity index (χ1) is 12.4. The molecule has 27 heavy (non-hydrogen) atoms. The van der Waals surface area contributed by atoms with E-state index in [9.17, 15) is 19.2 Å². The van der Waals surface area contributed by atoms with Gasteiger partial charge in [-0.15, -0.1) is 0 Å². The van der Waals surface area contributed by atoms with Gasteiger partial charge in [0.15, 0.2) is 0 Å². The first-order valence-electron chi connectivity index (χ1n) is 7.37. The second-order valence-corrected chi connectivity index (χ2v) is 4.22. The predicted octanol–water partition coefficient (Wildman–Crippen LogP) is 1.36. The molecule has 1 amide bonds. The van der Waals surface area contributed by atoms with Crippen LogP contribution in [0.1, 0.15) is 20.8 Å². The third-order valence-corrected chi connectivity index (χ3v) is 1.79. The molecule has 0 aliphatic heterocycles. The number of carbonyl (C=O) groups excluding carboxylic acids is 3. The summed E-state index contributed by atoms with van der Waals surface area (Å²) in [6, 6.07) is 0. The van der Waals surface area contributed by atoms with Gasteiger partial charge >= 0.3 is 17.9 Å². The van der Waals surface area contributed by atoms with Crippen LogP contribution >= 0.6 is 0 Å². The van der Waals surface area contributed by atoms with Crippen molar-refractivity contribution >= 4 is 23.8 Å². The van der Waals surface area contributed by atoms with Gasteiger partial charge in [-0.1, -0.05) is 26.3 Å². The molecule has 0 bridgehead atoms. The van der Waals surface area contributed by atoms with E-state index in [2.05, 4.69) is 41.1 Å². The third kappa shape index (κ3) is 34.9. The lowest BCUT2D eigenvalue weighted by molar-refractivity contribution is -0.137. The minimum absolute atomic E-state index is 0.176. The number of ether oxygens (including phenoxy) is 2. The van der Waals surface area contributed by atoms with Crippen LogP contribution in [0.15, 0.2) is 49.6 Å². The minimum Gasteiger partial charge on any atom is -0.478 e. The van der Waals surface area contributed by atoms with E-state index in [1.807, 2.05) is 0 Å². The Kier molecular flexibility index (Phi) is 26.6. The van der Waals surface area contributed by atoms with Gasteiger partial charge in [0.05, 0.1) is 13.7 Å². The number of aliphatic hydroxyl groups excluding tert-OH is 1. The van der Waals surface area contributed by atoms with Crippen molar-refractivity contribution in [3.63, 3.8) is 0 Å². The van der Waals surface area contributed by atoms with Gasteiger partial charge in [0.2, 0.25) is 5.91 Å². The molecule has 0 saturated heterocycles. The minimum atomic E-state index is -0.935. The van der Waals surface area contributed by atoms with Crippen molar-refractivity contribution in [2.24, 2.45) is 0 Å². The van der Waals surface area contributed by atoms with Gasteiger partial charge in [-0.3, -0.25) is 4.79 Å². The van der Waals surface area contributed by atoms with Gasteiger partial charge in [0.25, 0.3) is 0 Å². The summed E-state index contributed by atoms with van der Waals surface area (Å²) in [7, 11) is 1.33. The van der Waals surface area contributed by atoms with Crippen molar-refractivity contribution in [3.8, 4) is 0 Å². The number of carboxylic acid groups (broad SMARTS) is 1. The molecule has 0 unspecified atom stereocenters. The number of esters is 2. The zero-order valence-corrected chi connectivity index (χ0v) is 16.2. The molecule has 0 saturated carbocycles. The maximum Gasteiger partial charge on any atom is 0.332 e. The fraction of sp³-hybridized carbons (Fsp3) is 0.333. The van der Waals surface area contributed by atoms with E-state index in [1.165, 1.54) is 14.0 Å². The number of methoxy groups -OCH3 is 1. The molecule has 0 atom stereocenters. The summed E-state index contributed by atoms with van der Waals surface area (Å²) in [6.07, 6.45) is 2.24. The van der Waals surface area contributed by atoms with E-state index in [1.54, 1.807) is 13.8 Å². The van der Waals surface area contributed by atoms with Crippen LogP contribution in [0.2, 0.25) is 0 Å². The molecular formula is C18H29NO8. The lowest BCUT2D eigenvalue weighted by Gasteiger charge is -1.91. The number of aliphatic carboxylic acids is 1. The Hall–Kier alpha value is -3.20. The molecule has 3 N–H and O–H groups in total. The number of amides is 1. The smallest absolute Gasteiger partial charge is 0.332 e. The van der Waals surface area contributed by atoms with E-state index in [0.717, 1.165) is 12.2 Å². The summed E-state index contributed by atoms with van der Waals surface area (Å²) in [5.74, 6) is -2.00. The zero-order valence-electron chi connectivity index (χ0n) is 16.2. The topological polar surface area (TPSA) is 139 Å². The van der Waals surface area contributed by atoms with Crippen LogP contribution in [0.3, 0.4) is 0 Å². The van der Waals surface area contributed by atoms with Gasteiger partial charge < -0.3 is 25.0 Å². The first-order valence-corrected chi connectivity index (χ1v) is 7.37. The Balaban J connectivity index is -0.000000131. The summed E-state index contributed by atoms with van der Waals surface area (Å²) in [5.41, 5.74) is 0.609. The van der Waals surface area contributed by atoms with Gasteiger partial charge in [0, 0.05) is 17.2 Å². The summed E-state index contributed by atoms with van der Waals surface area (Å²) in [6.45, 7) is 17.8. The SMILES string of the molecule is C=C(C)C(=O)O.C=C(C)C(=O)OC.C=CC(=O)NCO.C=CC(=O)OCC. The highest BCUT2D eigenvalue weighted by Crippen LogP contribution is 1.87. The fourth-order valence-electron chi connectivity index (χ4n) is 0.526. The van der Waals surface area contributed by atoms with Gasteiger partial charge in [-0.05, 0) is 26.8 Å². The third-order valence-electron chi connectivity index (χ3n) is 1.79. The molecule has 0 aromatic carbocycles. The summed E-state index contributed by atoms with van der Waals surface area (Å²) in [5, 5.41) is 18.0. The molecule has 0 aromatic rings. The Morgan fingerprint density at radius 1 is 1.04 bits per heavy atom. The predicted molar refractivity (Wildman–Crippen MR) is 102 cm³/mol. The van der Waals surface area contributed by atoms with E-state index < -0.39 is 5.97 Å². The van der Waals surface area contributed by atoms with E-state index in [-0.39, 0.29) is 30.1 Å². The molecule has 0 radical (unpaired) electrons. The molecule has 0 rings (SSSR count). The number of rotatable bonds is 6. The van der Waals surface area contributed by atoms with Gasteiger partial charge in [-0.25, -0.2) is 14.4 Å². The highest BCUT2D eigenvalue weighted by atomic mass is 16.5. The largest absolute Gasteiger partial charge is 0.478 e. The highest BCUT2D eigenvalue weighted by molar-refractivity contribution is 5.87. The first kappa shape index (κ1) is 31.6. The summed E-state index contributed by atoms with van der Waals surface area (Å²) < 4.78 is 8.71. The van der Waals surface area contributed by atoms with Gasteiger partial charge in [0.1, 0.15) is 6.73 Å². The van der Waals surface area contributed by atoms with E-state index >= 15 is 0 Å². The second kappa shape index (κ2) is 22.8. The highest BCUT2D eigenvalue weighted by Gasteiger charge is 1.95. The Morgan fingerprint density at radius 3 is 1.56 bits per heavy atom. The molecule has 9 heteroatoms. The average Bonchev–Trinajstić information content (AvgIpc) is 2.62. The van der Waals surface area contributed by atoms with Crippen LogP contribution in [0.5, 0.6) is 0 Å². The number of hydrogen-bond acceptors (Lipinski definition) is 7. The van der Waals surface area contributed by atoms with Crippen LogP contribution in [-0.2, 0) is 28.7 Å². The molecule has 9 nitrogen and oxygen atoms in total. The van der Waals surface area contributed by atoms with Crippen molar-refractivity contribution in [3.05, 3.63) is 49.6 Å². The average molecular weight is 387 g/mol. The summed E-state index contributed by atoms with van der Waals surface area (Å²) in [4.78, 5) is 39.9. The zero-order chi connectivity index (χ0) is 22.4. The Labute approximate surface area is 159 Å². The summed E-state index contributed by atoms with van der Waals surface area (Å²) >= 11 is 0. The van der Waals surface area contributed by atoms with Crippen molar-refractivity contribution in [2.75, 3.05) is 20.4 Å². The molecule has 154 valence electrons. The molecule has 0 aliphatic carbocycles. The maximum atomic E-state index is 10.2. The quantitative estimate of drug-likeness (QED) is 0.353. The number of nitrogens with one attached hydrogen (secondary N) is 1. The van der Waals surface area contributed by atoms with Crippen LogP contribution in [0.4, 0.5) is 0 Å². The standard InChI is InChI=1S/2C5H8O2.C4H7NO2.C4H6O2/c1-4(2)5(6)7-3;1-3-5(6)7-4-2;1-2-4(7)5-3-6;1-3(2)4(5)6/h1H2,2-3H3;3H,1,4H2,2H3;2,6H,1,3H2,(H,5,7);1H2,2H3,(H,5,6). The molecule has 0 heterocycles. The van der Waals surface area contributed by atoms with E-state index in [4.69, 9.17) is 10.2 Å². The van der Waals surface area contributed by atoms with Crippen molar-refractivity contribution < 1.29 is 38.9 Å². The lowest BCUT2D eigenvalue weighted by Crippen LogP contribution is -2.20. The van der Waals surface area contributed by atoms with Crippen LogP contribution in [0, 0.1) is 0 Å². The van der Waals surface area contributed by atoms with Crippen molar-refractivity contribution in [1.29, 1.82) is 0 Å². The number of carbonyl (C=O) groups is 4. The van der Waals surface area contributed by atoms with E-state index in [0.29, 0.717) is 12.2 Å². The van der Waals surface area contributed by atoms with Crippen molar-refractivity contribution in [1.82, 2.24) is 5.32 Å². The number of aliphatic hydroxyl groups is 1. The van der Waals surface area contributed by atoms with Crippen LogP contribution < -0.4 is 5.32 Å².